The molecule has 2 aromatic rings. The summed E-state index contributed by atoms with van der Waals surface area (Å²) in [5.74, 6) is 0.221. The maximum absolute atomic E-state index is 12.6. The summed E-state index contributed by atoms with van der Waals surface area (Å²) < 4.78 is 0. The Bertz CT molecular complexity index is 650. The van der Waals surface area contributed by atoms with Gasteiger partial charge in [-0.25, -0.2) is 0 Å². The highest BCUT2D eigenvalue weighted by molar-refractivity contribution is 5.95. The van der Waals surface area contributed by atoms with Crippen LogP contribution in [0.3, 0.4) is 0 Å². The molecule has 1 aliphatic rings. The van der Waals surface area contributed by atoms with E-state index in [1.165, 1.54) is 11.1 Å². The number of piperidine rings is 1. The van der Waals surface area contributed by atoms with Crippen molar-refractivity contribution in [3.05, 3.63) is 65.7 Å². The van der Waals surface area contributed by atoms with E-state index in [-0.39, 0.29) is 11.3 Å². The van der Waals surface area contributed by atoms with E-state index in [9.17, 15) is 4.79 Å². The maximum Gasteiger partial charge on any atom is 0.227 e. The van der Waals surface area contributed by atoms with Gasteiger partial charge in [0, 0.05) is 24.1 Å². The normalized spacial score (nSPS) is 22.4. The van der Waals surface area contributed by atoms with Crippen molar-refractivity contribution in [1.29, 1.82) is 0 Å². The summed E-state index contributed by atoms with van der Waals surface area (Å²) in [6, 6.07) is 18.6. The Morgan fingerprint density at radius 1 is 1.05 bits per heavy atom. The minimum absolute atomic E-state index is 0.0430. The van der Waals surface area contributed by atoms with Crippen molar-refractivity contribution in [2.24, 2.45) is 0 Å². The lowest BCUT2D eigenvalue weighted by atomic mass is 9.74. The van der Waals surface area contributed by atoms with Gasteiger partial charge in [-0.3, -0.25) is 4.79 Å². The first kappa shape index (κ1) is 13.9. The molecule has 1 amide bonds. The number of benzene rings is 2. The van der Waals surface area contributed by atoms with Crippen LogP contribution >= 0.6 is 0 Å². The number of rotatable bonds is 2. The third kappa shape index (κ3) is 2.71. The summed E-state index contributed by atoms with van der Waals surface area (Å²) in [7, 11) is 0. The van der Waals surface area contributed by atoms with E-state index in [4.69, 9.17) is 0 Å². The van der Waals surface area contributed by atoms with E-state index in [1.54, 1.807) is 0 Å². The van der Waals surface area contributed by atoms with Crippen LogP contribution in [0.1, 0.15) is 30.9 Å². The molecule has 1 unspecified atom stereocenters. The van der Waals surface area contributed by atoms with Crippen molar-refractivity contribution >= 4 is 11.6 Å². The van der Waals surface area contributed by atoms with Gasteiger partial charge in [-0.1, -0.05) is 49.4 Å². The van der Waals surface area contributed by atoms with Crippen LogP contribution in [0, 0.1) is 6.92 Å². The van der Waals surface area contributed by atoms with Crippen molar-refractivity contribution in [3.8, 4) is 0 Å². The van der Waals surface area contributed by atoms with Crippen LogP contribution in [0.4, 0.5) is 5.69 Å². The monoisotopic (exact) mass is 279 g/mol. The van der Waals surface area contributed by atoms with Crippen molar-refractivity contribution in [3.63, 3.8) is 0 Å². The molecule has 0 N–H and O–H groups in total. The first-order valence-electron chi connectivity index (χ1n) is 7.51. The van der Waals surface area contributed by atoms with Gasteiger partial charge >= 0.3 is 0 Å². The number of hydrogen-bond donors (Lipinski definition) is 0. The summed E-state index contributed by atoms with van der Waals surface area (Å²) in [6.07, 6.45) is 1.57. The average molecular weight is 279 g/mol. The number of aryl methyl sites for hydroxylation is 1. The van der Waals surface area contributed by atoms with Crippen LogP contribution in [0.5, 0.6) is 0 Å². The summed E-state index contributed by atoms with van der Waals surface area (Å²) in [4.78, 5) is 14.5. The topological polar surface area (TPSA) is 20.3 Å². The van der Waals surface area contributed by atoms with Crippen LogP contribution in [0.25, 0.3) is 0 Å². The van der Waals surface area contributed by atoms with E-state index in [0.717, 1.165) is 18.7 Å². The predicted molar refractivity (Wildman–Crippen MR) is 86.6 cm³/mol. The Balaban J connectivity index is 1.83. The molecule has 108 valence electrons. The smallest absolute Gasteiger partial charge is 0.227 e. The van der Waals surface area contributed by atoms with Crippen molar-refractivity contribution in [2.75, 3.05) is 11.4 Å². The van der Waals surface area contributed by atoms with Gasteiger partial charge in [0.2, 0.25) is 5.91 Å². The third-order valence-electron chi connectivity index (χ3n) is 4.51. The van der Waals surface area contributed by atoms with E-state index in [2.05, 4.69) is 50.2 Å². The fraction of sp³-hybridized carbons (Fsp3) is 0.316. The fourth-order valence-corrected chi connectivity index (χ4v) is 3.16. The molecular formula is C19H21NO. The molecule has 1 atom stereocenters. The molecule has 1 heterocycles. The number of hydrogen-bond acceptors (Lipinski definition) is 1. The van der Waals surface area contributed by atoms with Gasteiger partial charge < -0.3 is 4.90 Å². The fourth-order valence-electron chi connectivity index (χ4n) is 3.16. The van der Waals surface area contributed by atoms with E-state index in [1.807, 2.05) is 23.1 Å². The minimum atomic E-state index is -0.0430. The number of amides is 1. The zero-order valence-corrected chi connectivity index (χ0v) is 12.7. The Morgan fingerprint density at radius 3 is 2.48 bits per heavy atom. The first-order chi connectivity index (χ1) is 10.1. The van der Waals surface area contributed by atoms with E-state index in [0.29, 0.717) is 6.42 Å². The number of carbonyl (C=O) groups excluding carboxylic acids is 1. The van der Waals surface area contributed by atoms with Gasteiger partial charge in [-0.2, -0.15) is 0 Å². The van der Waals surface area contributed by atoms with Gasteiger partial charge in [0.1, 0.15) is 0 Å². The summed E-state index contributed by atoms with van der Waals surface area (Å²) in [5, 5.41) is 0. The standard InChI is InChI=1S/C19H21NO/c1-15-7-6-10-17(13-15)20-12-11-19(2,14-18(20)21)16-8-4-3-5-9-16/h3-10,13H,11-12,14H2,1-2H3. The van der Waals surface area contributed by atoms with Gasteiger partial charge in [-0.15, -0.1) is 0 Å². The van der Waals surface area contributed by atoms with Gasteiger partial charge in [0.05, 0.1) is 0 Å². The minimum Gasteiger partial charge on any atom is -0.312 e. The Kier molecular flexibility index (Phi) is 3.54. The zero-order chi connectivity index (χ0) is 14.9. The molecule has 1 fully saturated rings. The molecule has 2 heteroatoms. The maximum atomic E-state index is 12.6. The van der Waals surface area contributed by atoms with Crippen molar-refractivity contribution in [2.45, 2.75) is 32.1 Å². The average Bonchev–Trinajstić information content (AvgIpc) is 2.48. The second kappa shape index (κ2) is 5.36. The highest BCUT2D eigenvalue weighted by atomic mass is 16.2. The summed E-state index contributed by atoms with van der Waals surface area (Å²) >= 11 is 0. The highest BCUT2D eigenvalue weighted by Crippen LogP contribution is 2.37. The Hall–Kier alpha value is -2.09. The molecule has 0 spiro atoms. The van der Waals surface area contributed by atoms with Crippen LogP contribution < -0.4 is 4.90 Å². The summed E-state index contributed by atoms with van der Waals surface area (Å²) in [5.41, 5.74) is 3.44. The lowest BCUT2D eigenvalue weighted by Gasteiger charge is -2.39. The van der Waals surface area contributed by atoms with Crippen molar-refractivity contribution in [1.82, 2.24) is 0 Å². The molecule has 2 nitrogen and oxygen atoms in total. The molecule has 0 saturated carbocycles. The van der Waals surface area contributed by atoms with Crippen LogP contribution in [0.2, 0.25) is 0 Å². The molecule has 21 heavy (non-hydrogen) atoms. The van der Waals surface area contributed by atoms with Crippen LogP contribution in [0.15, 0.2) is 54.6 Å². The molecule has 1 aliphatic heterocycles. The van der Waals surface area contributed by atoms with E-state index >= 15 is 0 Å². The Labute approximate surface area is 126 Å². The lowest BCUT2D eigenvalue weighted by molar-refractivity contribution is -0.121. The van der Waals surface area contributed by atoms with Gasteiger partial charge in [-0.05, 0) is 36.6 Å². The highest BCUT2D eigenvalue weighted by Gasteiger charge is 2.36. The quantitative estimate of drug-likeness (QED) is 0.811. The van der Waals surface area contributed by atoms with Crippen LogP contribution in [-0.2, 0) is 10.2 Å². The SMILES string of the molecule is Cc1cccc(N2CCC(C)(c3ccccc3)CC2=O)c1. The molecule has 3 rings (SSSR count). The Morgan fingerprint density at radius 2 is 1.81 bits per heavy atom. The second-order valence-electron chi connectivity index (χ2n) is 6.24. The van der Waals surface area contributed by atoms with E-state index < -0.39 is 0 Å². The van der Waals surface area contributed by atoms with Gasteiger partial charge in [0.15, 0.2) is 0 Å². The third-order valence-corrected chi connectivity index (χ3v) is 4.51. The molecule has 2 aromatic carbocycles. The molecular weight excluding hydrogens is 258 g/mol. The largest absolute Gasteiger partial charge is 0.312 e. The molecule has 1 saturated heterocycles. The number of nitrogens with zero attached hydrogens (tertiary/aromatic N) is 1. The first-order valence-corrected chi connectivity index (χ1v) is 7.51. The zero-order valence-electron chi connectivity index (χ0n) is 12.7. The summed E-state index contributed by atoms with van der Waals surface area (Å²) in [6.45, 7) is 5.05. The van der Waals surface area contributed by atoms with Crippen LogP contribution in [-0.4, -0.2) is 12.5 Å². The molecule has 0 aromatic heterocycles. The lowest BCUT2D eigenvalue weighted by Crippen LogP contribution is -2.45. The number of anilines is 1. The predicted octanol–water partition coefficient (Wildman–Crippen LogP) is 4.08. The van der Waals surface area contributed by atoms with Crippen molar-refractivity contribution < 1.29 is 4.79 Å². The molecule has 0 bridgehead atoms. The second-order valence-corrected chi connectivity index (χ2v) is 6.24. The van der Waals surface area contributed by atoms with Gasteiger partial charge in [0.25, 0.3) is 0 Å². The molecule has 0 radical (unpaired) electrons. The number of carbonyl (C=O) groups is 1. The molecule has 0 aliphatic carbocycles.